The Morgan fingerprint density at radius 1 is 1.12 bits per heavy atom. The highest BCUT2D eigenvalue weighted by Gasteiger charge is 2.53. The van der Waals surface area contributed by atoms with Crippen molar-refractivity contribution < 1.29 is 9.31 Å². The van der Waals surface area contributed by atoms with E-state index in [4.69, 9.17) is 9.31 Å². The molecule has 0 amide bonds. The predicted molar refractivity (Wildman–Crippen MR) is 69.8 cm³/mol. The van der Waals surface area contributed by atoms with E-state index in [-0.39, 0.29) is 18.3 Å². The Balaban J connectivity index is 2.25. The van der Waals surface area contributed by atoms with Gasteiger partial charge in [0.15, 0.2) is 0 Å². The maximum atomic E-state index is 6.08. The highest BCUT2D eigenvalue weighted by Crippen LogP contribution is 2.39. The quantitative estimate of drug-likeness (QED) is 0.687. The third kappa shape index (κ3) is 1.80. The van der Waals surface area contributed by atoms with Crippen LogP contribution in [-0.4, -0.2) is 26.2 Å². The molecule has 1 atom stereocenters. The van der Waals surface area contributed by atoms with Gasteiger partial charge in [0.05, 0.1) is 11.2 Å². The van der Waals surface area contributed by atoms with Gasteiger partial charge in [-0.15, -0.1) is 0 Å². The van der Waals surface area contributed by atoms with Gasteiger partial charge in [0.25, 0.3) is 0 Å². The molecule has 0 N–H and O–H groups in total. The number of benzene rings is 1. The third-order valence-corrected chi connectivity index (χ3v) is 3.79. The van der Waals surface area contributed by atoms with Crippen LogP contribution >= 0.6 is 0 Å². The molecule has 0 saturated carbocycles. The molecule has 1 aromatic rings. The fraction of sp³-hybridized carbons (Fsp3) is 0.500. The molecule has 0 aromatic heterocycles. The van der Waals surface area contributed by atoms with E-state index < -0.39 is 0 Å². The van der Waals surface area contributed by atoms with Crippen molar-refractivity contribution in [3.8, 4) is 0 Å². The monoisotopic (exact) mass is 216 g/mol. The lowest BCUT2D eigenvalue weighted by Gasteiger charge is -2.35. The van der Waals surface area contributed by atoms with E-state index in [0.29, 0.717) is 0 Å². The average molecular weight is 216 g/mol. The second-order valence-corrected chi connectivity index (χ2v) is 5.07. The summed E-state index contributed by atoms with van der Waals surface area (Å²) in [6.07, 6.45) is 0.948. The molecule has 2 rings (SSSR count). The van der Waals surface area contributed by atoms with Crippen LogP contribution in [0.3, 0.4) is 0 Å². The van der Waals surface area contributed by atoms with Crippen molar-refractivity contribution in [1.29, 1.82) is 0 Å². The second kappa shape index (κ2) is 3.94. The Labute approximate surface area is 98.9 Å². The van der Waals surface area contributed by atoms with Gasteiger partial charge in [-0.3, -0.25) is 0 Å². The maximum Gasteiger partial charge on any atom is 0.494 e. The first-order valence-corrected chi connectivity index (χ1v) is 5.89. The zero-order valence-corrected chi connectivity index (χ0v) is 10.5. The minimum absolute atomic E-state index is 0.215. The van der Waals surface area contributed by atoms with Gasteiger partial charge in [-0.25, -0.2) is 0 Å². The van der Waals surface area contributed by atoms with Crippen molar-refractivity contribution >= 4 is 20.4 Å². The van der Waals surface area contributed by atoms with Crippen molar-refractivity contribution in [3.05, 3.63) is 30.3 Å². The minimum atomic E-state index is -0.248. The van der Waals surface area contributed by atoms with Gasteiger partial charge in [-0.05, 0) is 26.2 Å². The lowest BCUT2D eigenvalue weighted by atomic mass is 9.77. The SMILES string of the molecule is BCC1(C)OB(c2ccccc2)OC1(C)C. The fourth-order valence-corrected chi connectivity index (χ4v) is 2.05. The van der Waals surface area contributed by atoms with Crippen LogP contribution in [0.25, 0.3) is 0 Å². The molecule has 1 fully saturated rings. The van der Waals surface area contributed by atoms with E-state index in [1.54, 1.807) is 0 Å². The molecule has 0 bridgehead atoms. The molecule has 2 nitrogen and oxygen atoms in total. The molecule has 16 heavy (non-hydrogen) atoms. The Morgan fingerprint density at radius 3 is 2.25 bits per heavy atom. The first-order chi connectivity index (χ1) is 7.48. The summed E-state index contributed by atoms with van der Waals surface area (Å²) < 4.78 is 12.1. The summed E-state index contributed by atoms with van der Waals surface area (Å²) in [6.45, 7) is 6.31. The van der Waals surface area contributed by atoms with Crippen LogP contribution in [-0.2, 0) is 9.31 Å². The van der Waals surface area contributed by atoms with Gasteiger partial charge in [-0.2, -0.15) is 0 Å². The lowest BCUT2D eigenvalue weighted by molar-refractivity contribution is 0.00638. The maximum absolute atomic E-state index is 6.08. The van der Waals surface area contributed by atoms with Crippen LogP contribution in [0.1, 0.15) is 20.8 Å². The smallest absolute Gasteiger partial charge is 0.400 e. The Bertz CT molecular complexity index is 367. The molecule has 1 unspecified atom stereocenters. The average Bonchev–Trinajstić information content (AvgIpc) is 2.52. The molecule has 1 heterocycles. The molecule has 1 aromatic carbocycles. The molecule has 1 aliphatic rings. The summed E-state index contributed by atoms with van der Waals surface area (Å²) in [5, 5.41) is 0. The molecule has 1 saturated heterocycles. The minimum Gasteiger partial charge on any atom is -0.400 e. The fourth-order valence-electron chi connectivity index (χ4n) is 2.05. The molecule has 84 valence electrons. The normalized spacial score (nSPS) is 28.3. The van der Waals surface area contributed by atoms with E-state index in [9.17, 15) is 0 Å². The van der Waals surface area contributed by atoms with E-state index >= 15 is 0 Å². The molecule has 0 spiro atoms. The van der Waals surface area contributed by atoms with Crippen molar-refractivity contribution in [1.82, 2.24) is 0 Å². The second-order valence-electron chi connectivity index (χ2n) is 5.07. The van der Waals surface area contributed by atoms with E-state index in [2.05, 4.69) is 28.6 Å². The van der Waals surface area contributed by atoms with Crippen molar-refractivity contribution in [3.63, 3.8) is 0 Å². The van der Waals surface area contributed by atoms with E-state index in [1.807, 2.05) is 30.3 Å². The first kappa shape index (κ1) is 11.7. The first-order valence-electron chi connectivity index (χ1n) is 5.89. The summed E-state index contributed by atoms with van der Waals surface area (Å²) >= 11 is 0. The highest BCUT2D eigenvalue weighted by atomic mass is 16.7. The zero-order valence-electron chi connectivity index (χ0n) is 10.5. The van der Waals surface area contributed by atoms with Gasteiger partial charge >= 0.3 is 7.12 Å². The zero-order chi connectivity index (χ0) is 11.8. The Morgan fingerprint density at radius 2 is 1.75 bits per heavy atom. The topological polar surface area (TPSA) is 18.5 Å². The summed E-state index contributed by atoms with van der Waals surface area (Å²) in [6, 6.07) is 10.1. The predicted octanol–water partition coefficient (Wildman–Crippen LogP) is 1.02. The van der Waals surface area contributed by atoms with E-state index in [0.717, 1.165) is 11.8 Å². The van der Waals surface area contributed by atoms with Gasteiger partial charge < -0.3 is 9.31 Å². The summed E-state index contributed by atoms with van der Waals surface area (Å²) in [5.74, 6) is 0. The van der Waals surface area contributed by atoms with Crippen LogP contribution in [0.15, 0.2) is 30.3 Å². The van der Waals surface area contributed by atoms with Crippen LogP contribution in [0.2, 0.25) is 6.32 Å². The highest BCUT2D eigenvalue weighted by molar-refractivity contribution is 6.62. The summed E-state index contributed by atoms with van der Waals surface area (Å²) in [7, 11) is 1.90. The summed E-state index contributed by atoms with van der Waals surface area (Å²) in [4.78, 5) is 0. The van der Waals surface area contributed by atoms with E-state index in [1.165, 1.54) is 0 Å². The summed E-state index contributed by atoms with van der Waals surface area (Å²) in [5.41, 5.74) is 0.628. The number of hydrogen-bond donors (Lipinski definition) is 0. The van der Waals surface area contributed by atoms with Gasteiger partial charge in [0, 0.05) is 0 Å². The third-order valence-electron chi connectivity index (χ3n) is 3.79. The van der Waals surface area contributed by atoms with Crippen molar-refractivity contribution in [2.24, 2.45) is 0 Å². The molecule has 0 radical (unpaired) electrons. The number of hydrogen-bond acceptors (Lipinski definition) is 2. The number of rotatable bonds is 2. The largest absolute Gasteiger partial charge is 0.494 e. The molecule has 4 heteroatoms. The van der Waals surface area contributed by atoms with Gasteiger partial charge in [0.2, 0.25) is 0 Å². The lowest BCUT2D eigenvalue weighted by Crippen LogP contribution is -2.44. The molecular formula is C12H18B2O2. The molecular weight excluding hydrogens is 198 g/mol. The molecule has 1 aliphatic heterocycles. The van der Waals surface area contributed by atoms with Crippen molar-refractivity contribution in [2.45, 2.75) is 38.3 Å². The van der Waals surface area contributed by atoms with Crippen LogP contribution in [0.5, 0.6) is 0 Å². The molecule has 0 aliphatic carbocycles. The van der Waals surface area contributed by atoms with Gasteiger partial charge in [-0.1, -0.05) is 36.7 Å². The van der Waals surface area contributed by atoms with Crippen LogP contribution in [0.4, 0.5) is 0 Å². The Hall–Kier alpha value is -0.730. The van der Waals surface area contributed by atoms with Crippen LogP contribution in [0, 0.1) is 0 Å². The van der Waals surface area contributed by atoms with Crippen LogP contribution < -0.4 is 5.46 Å². The Kier molecular flexibility index (Phi) is 2.89. The van der Waals surface area contributed by atoms with Crippen molar-refractivity contribution in [2.75, 3.05) is 0 Å². The standard InChI is InChI=1S/C12H18B2O2/c1-11(2)12(3,9-13)16-14(15-11)10-7-5-4-6-8-10/h4-8H,9,13H2,1-3H3. The van der Waals surface area contributed by atoms with Gasteiger partial charge in [0.1, 0.15) is 7.85 Å².